The zero-order valence-corrected chi connectivity index (χ0v) is 38.2. The summed E-state index contributed by atoms with van der Waals surface area (Å²) in [4.78, 5) is 10.0. The Hall–Kier alpha value is -4.66. The Kier molecular flexibility index (Phi) is 19.4. The molecule has 1 N–H and O–H groups in total. The van der Waals surface area contributed by atoms with Crippen molar-refractivity contribution in [1.82, 2.24) is 0 Å². The van der Waals surface area contributed by atoms with E-state index in [2.05, 4.69) is 0 Å². The molecular formula is C30HF59O2. The lowest BCUT2D eigenvalue weighted by molar-refractivity contribution is -0.500. The Labute approximate surface area is 448 Å². The molecule has 0 rings (SSSR count). The highest BCUT2D eigenvalue weighted by Gasteiger charge is 3.06. The zero-order chi connectivity index (χ0) is 76.1. The first-order valence-electron chi connectivity index (χ1n) is 18.8. The van der Waals surface area contributed by atoms with E-state index in [-0.39, 0.29) is 0 Å². The summed E-state index contributed by atoms with van der Waals surface area (Å²) in [6.07, 6.45) is -8.71. The van der Waals surface area contributed by atoms with Crippen LogP contribution in [0, 0.1) is 0 Å². The van der Waals surface area contributed by atoms with E-state index in [0.717, 1.165) is 0 Å². The van der Waals surface area contributed by atoms with Crippen molar-refractivity contribution < 1.29 is 269 Å². The van der Waals surface area contributed by atoms with Gasteiger partial charge in [0, 0.05) is 0 Å². The van der Waals surface area contributed by atoms with Gasteiger partial charge in [-0.1, -0.05) is 0 Å². The molecule has 0 aliphatic carbocycles. The van der Waals surface area contributed by atoms with E-state index in [9.17, 15) is 264 Å². The average Bonchev–Trinajstić information content (AvgIpc) is 3.31. The van der Waals surface area contributed by atoms with Crippen LogP contribution in [0.1, 0.15) is 0 Å². The second-order valence-corrected chi connectivity index (χ2v) is 16.9. The van der Waals surface area contributed by atoms with Crippen LogP contribution in [0.2, 0.25) is 0 Å². The summed E-state index contributed by atoms with van der Waals surface area (Å²) in [5, 5.41) is 7.68. The van der Waals surface area contributed by atoms with Crippen molar-refractivity contribution in [2.45, 2.75) is 172 Å². The molecule has 0 radical (unpaired) electrons. The Balaban J connectivity index is 8.38. The third kappa shape index (κ3) is 9.24. The van der Waals surface area contributed by atoms with Crippen LogP contribution in [0.3, 0.4) is 0 Å². The maximum atomic E-state index is 14.2. The van der Waals surface area contributed by atoms with Gasteiger partial charge in [0.05, 0.1) is 0 Å². The summed E-state index contributed by atoms with van der Waals surface area (Å²) in [6, 6.07) is 0. The number of hydrogen-bond acceptors (Lipinski definition) is 1. The Bertz CT molecular complexity index is 2670. The molecule has 0 aromatic rings. The van der Waals surface area contributed by atoms with Crippen molar-refractivity contribution in [3.63, 3.8) is 0 Å². The fourth-order valence-electron chi connectivity index (χ4n) is 5.44. The van der Waals surface area contributed by atoms with E-state index >= 15 is 0 Å². The van der Waals surface area contributed by atoms with Gasteiger partial charge in [0.2, 0.25) is 0 Å². The van der Waals surface area contributed by atoms with Gasteiger partial charge in [0.1, 0.15) is 0 Å². The molecule has 0 saturated carbocycles. The zero-order valence-electron chi connectivity index (χ0n) is 38.2. The molecule has 0 amide bonds. The molecule has 546 valence electrons. The molecular weight excluding hydrogens is 1510 g/mol. The highest BCUT2D eigenvalue weighted by molar-refractivity contribution is 5.77. The second kappa shape index (κ2) is 20.4. The third-order valence-electron chi connectivity index (χ3n) is 11.3. The summed E-state index contributed by atoms with van der Waals surface area (Å²) in [5.74, 6) is -302. The minimum Gasteiger partial charge on any atom is -0.477 e. The summed E-state index contributed by atoms with van der Waals surface area (Å²) in [5.41, 5.74) is 0. The van der Waals surface area contributed by atoms with E-state index in [1.165, 1.54) is 0 Å². The summed E-state index contributed by atoms with van der Waals surface area (Å²) in [6.45, 7) is 0. The number of halogens is 59. The van der Waals surface area contributed by atoms with Gasteiger partial charge in [-0.2, -0.15) is 259 Å². The number of carboxylic acids is 1. The molecule has 0 aliphatic heterocycles. The maximum absolute atomic E-state index is 14.2. The van der Waals surface area contributed by atoms with Gasteiger partial charge in [-0.25, -0.2) is 4.79 Å². The van der Waals surface area contributed by atoms with E-state index in [1.54, 1.807) is 0 Å². The summed E-state index contributed by atoms with van der Waals surface area (Å²) >= 11 is 0. The maximum Gasteiger partial charge on any atom is 0.460 e. The molecule has 61 heteroatoms. The minimum atomic E-state index is -11.2. The first-order valence-corrected chi connectivity index (χ1v) is 18.8. The first kappa shape index (κ1) is 86.3. The van der Waals surface area contributed by atoms with Crippen molar-refractivity contribution in [1.29, 1.82) is 0 Å². The Morgan fingerprint density at radius 2 is 0.198 bits per heavy atom. The smallest absolute Gasteiger partial charge is 0.460 e. The van der Waals surface area contributed by atoms with Gasteiger partial charge in [-0.15, -0.1) is 0 Å². The van der Waals surface area contributed by atoms with Crippen LogP contribution in [0.5, 0.6) is 0 Å². The first-order chi connectivity index (χ1) is 37.9. The van der Waals surface area contributed by atoms with Crippen molar-refractivity contribution in [2.75, 3.05) is 0 Å². The SMILES string of the molecule is O=C(O)C(F)(F)C(F)(F)C(F)(F)C(F)(F)C(F)(F)C(F)(F)C(F)(F)C(F)(F)C(F)(F)C(F)(F)C(F)(F)C(F)(F)C(F)(F)C(F)(F)C(F)(F)C(F)(F)C(F)(F)C(F)(F)C(F)(F)C(F)(F)C(F)(F)C(F)(F)C(F)(F)C(F)(F)C(F)(F)C(F)(F)C(F)(F)C(F)(F)C(F)(F)F. The number of alkyl halides is 59. The quantitative estimate of drug-likeness (QED) is 0.0793. The Morgan fingerprint density at radius 3 is 0.264 bits per heavy atom. The van der Waals surface area contributed by atoms with Crippen LogP contribution in [0.25, 0.3) is 0 Å². The van der Waals surface area contributed by atoms with Crippen molar-refractivity contribution in [3.05, 3.63) is 0 Å². The second-order valence-electron chi connectivity index (χ2n) is 16.9. The van der Waals surface area contributed by atoms with E-state index in [4.69, 9.17) is 5.11 Å². The van der Waals surface area contributed by atoms with Gasteiger partial charge in [0.25, 0.3) is 0 Å². The molecule has 0 heterocycles. The topological polar surface area (TPSA) is 37.3 Å². The molecule has 2 nitrogen and oxygen atoms in total. The summed E-state index contributed by atoms with van der Waals surface area (Å²) in [7, 11) is 0. The monoisotopic (exact) mass is 1510 g/mol. The van der Waals surface area contributed by atoms with Crippen LogP contribution in [0.4, 0.5) is 259 Å². The van der Waals surface area contributed by atoms with Gasteiger partial charge in [-0.3, -0.25) is 0 Å². The lowest BCUT2D eigenvalue weighted by atomic mass is 9.81. The van der Waals surface area contributed by atoms with Crippen molar-refractivity contribution in [2.24, 2.45) is 0 Å². The van der Waals surface area contributed by atoms with E-state index < -0.39 is 178 Å². The highest BCUT2D eigenvalue weighted by Crippen LogP contribution is 2.74. The van der Waals surface area contributed by atoms with Crippen LogP contribution < -0.4 is 0 Å². The predicted molar refractivity (Wildman–Crippen MR) is 152 cm³/mol. The van der Waals surface area contributed by atoms with Crippen molar-refractivity contribution >= 4 is 5.97 Å². The summed E-state index contributed by atoms with van der Waals surface area (Å²) < 4.78 is 816. The molecule has 0 aromatic carbocycles. The van der Waals surface area contributed by atoms with Crippen LogP contribution in [-0.4, -0.2) is 183 Å². The molecule has 0 fully saturated rings. The predicted octanol–water partition coefficient (Wildman–Crippen LogP) is 18.4. The average molecular weight is 1510 g/mol. The number of carbonyl (C=O) groups is 1. The number of aliphatic carboxylic acids is 1. The lowest BCUT2D eigenvalue weighted by Gasteiger charge is -2.48. The number of rotatable bonds is 28. The largest absolute Gasteiger partial charge is 0.477 e. The van der Waals surface area contributed by atoms with E-state index in [1.807, 2.05) is 0 Å². The normalized spacial score (nSPS) is 17.5. The van der Waals surface area contributed by atoms with E-state index in [0.29, 0.717) is 0 Å². The number of hydrogen-bond donors (Lipinski definition) is 1. The molecule has 0 bridgehead atoms. The van der Waals surface area contributed by atoms with Crippen LogP contribution in [-0.2, 0) is 4.79 Å². The molecule has 0 unspecified atom stereocenters. The number of carboxylic acid groups (broad SMARTS) is 1. The van der Waals surface area contributed by atoms with Gasteiger partial charge in [0.15, 0.2) is 0 Å². The fourth-order valence-corrected chi connectivity index (χ4v) is 5.44. The molecule has 91 heavy (non-hydrogen) atoms. The highest BCUT2D eigenvalue weighted by atomic mass is 19.5. The molecule has 0 aromatic heterocycles. The van der Waals surface area contributed by atoms with Gasteiger partial charge >= 0.3 is 178 Å². The molecule has 0 saturated heterocycles. The standard InChI is InChI=1S/C30HF59O2/c31-2(32,1(90)91)3(33,34)4(35,36)5(37,38)6(39,40)7(41,42)8(43,44)9(45,46)10(47,48)11(49,50)12(51,52)13(53,54)14(55,56)15(57,58)16(59,60)17(61,62)18(63,64)19(65,66)20(67,68)21(69,70)22(71,72)23(73,74)24(75,76)25(77,78)26(79,80)27(81,82)28(83,84)29(85,86)30(87,88)89/h(H,90,91). The minimum absolute atomic E-state index is 5.10. The van der Waals surface area contributed by atoms with Crippen molar-refractivity contribution in [3.8, 4) is 0 Å². The van der Waals surface area contributed by atoms with Crippen LogP contribution in [0.15, 0.2) is 0 Å². The fraction of sp³-hybridized carbons (Fsp3) is 0.967. The molecule has 0 spiro atoms. The van der Waals surface area contributed by atoms with Gasteiger partial charge < -0.3 is 5.11 Å². The lowest BCUT2D eigenvalue weighted by Crippen LogP contribution is -2.81. The Morgan fingerprint density at radius 1 is 0.132 bits per heavy atom. The third-order valence-corrected chi connectivity index (χ3v) is 11.3. The van der Waals surface area contributed by atoms with Crippen LogP contribution >= 0.6 is 0 Å². The molecule has 0 aliphatic rings. The van der Waals surface area contributed by atoms with Gasteiger partial charge in [-0.05, 0) is 0 Å². The molecule has 0 atom stereocenters.